The second kappa shape index (κ2) is 4.75. The van der Waals surface area contributed by atoms with Gasteiger partial charge < -0.3 is 15.1 Å². The van der Waals surface area contributed by atoms with Gasteiger partial charge in [0.25, 0.3) is 5.91 Å². The van der Waals surface area contributed by atoms with Crippen molar-refractivity contribution >= 4 is 5.91 Å². The van der Waals surface area contributed by atoms with Gasteiger partial charge in [-0.1, -0.05) is 12.1 Å². The lowest BCUT2D eigenvalue weighted by Crippen LogP contribution is -2.39. The maximum absolute atomic E-state index is 12.0. The summed E-state index contributed by atoms with van der Waals surface area (Å²) < 4.78 is 0. The number of aliphatic hydroxyl groups is 1. The standard InChI is InChI=1S/C13H17NO3/c1-14(8-9-6-10(15)7-9)13(17)11-4-2-3-5-12(11)16/h2-5,9-10,15-16H,6-8H2,1H3. The highest BCUT2D eigenvalue weighted by Crippen LogP contribution is 2.28. The smallest absolute Gasteiger partial charge is 0.257 e. The Bertz CT molecular complexity index is 413. The molecule has 1 aromatic rings. The van der Waals surface area contributed by atoms with Gasteiger partial charge in [-0.3, -0.25) is 4.79 Å². The van der Waals surface area contributed by atoms with E-state index in [4.69, 9.17) is 0 Å². The molecule has 4 heteroatoms. The zero-order valence-corrected chi connectivity index (χ0v) is 9.84. The quantitative estimate of drug-likeness (QED) is 0.828. The van der Waals surface area contributed by atoms with Crippen LogP contribution in [0.4, 0.5) is 0 Å². The van der Waals surface area contributed by atoms with Crippen LogP contribution in [0.1, 0.15) is 23.2 Å². The molecule has 2 rings (SSSR count). The highest BCUT2D eigenvalue weighted by molar-refractivity contribution is 5.96. The summed E-state index contributed by atoms with van der Waals surface area (Å²) in [7, 11) is 1.72. The van der Waals surface area contributed by atoms with Crippen LogP contribution in [0.15, 0.2) is 24.3 Å². The predicted molar refractivity (Wildman–Crippen MR) is 63.8 cm³/mol. The van der Waals surface area contributed by atoms with E-state index in [1.165, 1.54) is 6.07 Å². The highest BCUT2D eigenvalue weighted by Gasteiger charge is 2.29. The number of phenols is 1. The lowest BCUT2D eigenvalue weighted by Gasteiger charge is -2.34. The molecule has 1 aliphatic carbocycles. The molecule has 2 N–H and O–H groups in total. The number of aliphatic hydroxyl groups excluding tert-OH is 1. The van der Waals surface area contributed by atoms with Gasteiger partial charge in [-0.25, -0.2) is 0 Å². The molecule has 17 heavy (non-hydrogen) atoms. The number of carbonyl (C=O) groups is 1. The van der Waals surface area contributed by atoms with Crippen molar-refractivity contribution in [1.29, 1.82) is 0 Å². The van der Waals surface area contributed by atoms with Gasteiger partial charge in [0, 0.05) is 13.6 Å². The predicted octanol–water partition coefficient (Wildman–Crippen LogP) is 1.24. The van der Waals surface area contributed by atoms with Gasteiger partial charge in [-0.2, -0.15) is 0 Å². The molecule has 0 atom stereocenters. The molecule has 4 nitrogen and oxygen atoms in total. The van der Waals surface area contributed by atoms with Gasteiger partial charge in [0.05, 0.1) is 11.7 Å². The van der Waals surface area contributed by atoms with E-state index in [0.717, 1.165) is 12.8 Å². The normalized spacial score (nSPS) is 22.9. The largest absolute Gasteiger partial charge is 0.507 e. The van der Waals surface area contributed by atoms with Gasteiger partial charge in [0.15, 0.2) is 0 Å². The summed E-state index contributed by atoms with van der Waals surface area (Å²) in [6, 6.07) is 6.54. The third-order valence-electron chi connectivity index (χ3n) is 3.22. The first-order valence-electron chi connectivity index (χ1n) is 5.79. The Balaban J connectivity index is 1.97. The second-order valence-electron chi connectivity index (χ2n) is 4.69. The number of carbonyl (C=O) groups excluding carboxylic acids is 1. The molecule has 0 radical (unpaired) electrons. The number of aromatic hydroxyl groups is 1. The summed E-state index contributed by atoms with van der Waals surface area (Å²) in [5.41, 5.74) is 0.329. The van der Waals surface area contributed by atoms with Crippen molar-refractivity contribution in [2.75, 3.05) is 13.6 Å². The summed E-state index contributed by atoms with van der Waals surface area (Å²) in [4.78, 5) is 13.6. The van der Waals surface area contributed by atoms with Crippen molar-refractivity contribution < 1.29 is 15.0 Å². The van der Waals surface area contributed by atoms with E-state index < -0.39 is 0 Å². The van der Waals surface area contributed by atoms with Crippen molar-refractivity contribution in [2.45, 2.75) is 18.9 Å². The van der Waals surface area contributed by atoms with Crippen molar-refractivity contribution in [3.63, 3.8) is 0 Å². The fourth-order valence-corrected chi connectivity index (χ4v) is 2.18. The van der Waals surface area contributed by atoms with Crippen LogP contribution >= 0.6 is 0 Å². The molecular weight excluding hydrogens is 218 g/mol. The topological polar surface area (TPSA) is 60.8 Å². The number of hydrogen-bond acceptors (Lipinski definition) is 3. The van der Waals surface area contributed by atoms with Crippen LogP contribution in [-0.2, 0) is 0 Å². The number of nitrogens with zero attached hydrogens (tertiary/aromatic N) is 1. The van der Waals surface area contributed by atoms with Crippen LogP contribution in [0.5, 0.6) is 5.75 Å². The van der Waals surface area contributed by atoms with E-state index >= 15 is 0 Å². The Hall–Kier alpha value is -1.55. The van der Waals surface area contributed by atoms with Crippen molar-refractivity contribution in [1.82, 2.24) is 4.90 Å². The molecule has 1 aliphatic rings. The maximum atomic E-state index is 12.0. The summed E-state index contributed by atoms with van der Waals surface area (Å²) in [5, 5.41) is 18.8. The van der Waals surface area contributed by atoms with Crippen LogP contribution in [-0.4, -0.2) is 40.7 Å². The first-order valence-corrected chi connectivity index (χ1v) is 5.79. The Morgan fingerprint density at radius 3 is 2.65 bits per heavy atom. The van der Waals surface area contributed by atoms with Gasteiger partial charge in [-0.05, 0) is 30.9 Å². The number of benzene rings is 1. The van der Waals surface area contributed by atoms with E-state index in [2.05, 4.69) is 0 Å². The molecule has 0 spiro atoms. The van der Waals surface area contributed by atoms with Crippen molar-refractivity contribution in [3.05, 3.63) is 29.8 Å². The number of para-hydroxylation sites is 1. The third kappa shape index (κ3) is 2.58. The third-order valence-corrected chi connectivity index (χ3v) is 3.22. The van der Waals surface area contributed by atoms with Crippen molar-refractivity contribution in [2.24, 2.45) is 5.92 Å². The SMILES string of the molecule is CN(CC1CC(O)C1)C(=O)c1ccccc1O. The maximum Gasteiger partial charge on any atom is 0.257 e. The summed E-state index contributed by atoms with van der Waals surface area (Å²) >= 11 is 0. The molecule has 1 fully saturated rings. The Morgan fingerprint density at radius 1 is 1.41 bits per heavy atom. The molecule has 0 aromatic heterocycles. The van der Waals surface area contributed by atoms with E-state index in [1.807, 2.05) is 0 Å². The summed E-state index contributed by atoms with van der Waals surface area (Å²) in [5.74, 6) is 0.215. The lowest BCUT2D eigenvalue weighted by molar-refractivity contribution is 0.0264. The molecule has 1 aromatic carbocycles. The van der Waals surface area contributed by atoms with Crippen LogP contribution < -0.4 is 0 Å². The van der Waals surface area contributed by atoms with Crippen LogP contribution in [0.2, 0.25) is 0 Å². The molecule has 92 valence electrons. The van der Waals surface area contributed by atoms with E-state index in [-0.39, 0.29) is 17.8 Å². The van der Waals surface area contributed by atoms with Gasteiger partial charge in [-0.15, -0.1) is 0 Å². The molecule has 0 bridgehead atoms. The summed E-state index contributed by atoms with van der Waals surface area (Å²) in [6.45, 7) is 0.629. The second-order valence-corrected chi connectivity index (χ2v) is 4.69. The minimum Gasteiger partial charge on any atom is -0.507 e. The fraction of sp³-hybridized carbons (Fsp3) is 0.462. The monoisotopic (exact) mass is 235 g/mol. The minimum absolute atomic E-state index is 0.0120. The van der Waals surface area contributed by atoms with E-state index in [1.54, 1.807) is 30.1 Å². The van der Waals surface area contributed by atoms with Gasteiger partial charge >= 0.3 is 0 Å². The Kier molecular flexibility index (Phi) is 3.33. The average molecular weight is 235 g/mol. The zero-order chi connectivity index (χ0) is 12.4. The molecular formula is C13H17NO3. The van der Waals surface area contributed by atoms with Crippen molar-refractivity contribution in [3.8, 4) is 5.75 Å². The molecule has 0 aliphatic heterocycles. The first-order chi connectivity index (χ1) is 8.08. The molecule has 1 amide bonds. The highest BCUT2D eigenvalue weighted by atomic mass is 16.3. The molecule has 0 heterocycles. The summed E-state index contributed by atoms with van der Waals surface area (Å²) in [6.07, 6.45) is 1.32. The average Bonchev–Trinajstić information content (AvgIpc) is 2.26. The number of hydrogen-bond donors (Lipinski definition) is 2. The van der Waals surface area contributed by atoms with Gasteiger partial charge in [0.2, 0.25) is 0 Å². The number of phenolic OH excluding ortho intramolecular Hbond substituents is 1. The zero-order valence-electron chi connectivity index (χ0n) is 9.84. The molecule has 1 saturated carbocycles. The minimum atomic E-state index is -0.200. The van der Waals surface area contributed by atoms with E-state index in [0.29, 0.717) is 18.0 Å². The van der Waals surface area contributed by atoms with Gasteiger partial charge in [0.1, 0.15) is 5.75 Å². The van der Waals surface area contributed by atoms with E-state index in [9.17, 15) is 15.0 Å². The number of rotatable bonds is 3. The van der Waals surface area contributed by atoms with Crippen LogP contribution in [0.25, 0.3) is 0 Å². The lowest BCUT2D eigenvalue weighted by atomic mass is 9.82. The van der Waals surface area contributed by atoms with Crippen LogP contribution in [0, 0.1) is 5.92 Å². The number of amides is 1. The fourth-order valence-electron chi connectivity index (χ4n) is 2.18. The Labute approximate surface area is 100 Å². The van der Waals surface area contributed by atoms with Crippen LogP contribution in [0.3, 0.4) is 0 Å². The molecule has 0 unspecified atom stereocenters. The Morgan fingerprint density at radius 2 is 2.06 bits per heavy atom. The first kappa shape index (κ1) is 11.9. The molecule has 0 saturated heterocycles.